The molecule has 1 aliphatic heterocycles. The number of nitrogens with zero attached hydrogens (tertiary/aromatic N) is 3. The maximum Gasteiger partial charge on any atom is 0.188 e. The van der Waals surface area contributed by atoms with Gasteiger partial charge in [0.1, 0.15) is 12.2 Å². The molecule has 0 aliphatic carbocycles. The van der Waals surface area contributed by atoms with E-state index in [9.17, 15) is 15.0 Å². The SMILES string of the molecule is CCCCO[C@@H]1C(CO)O[C@@H](CC(C)(C)[Si](C)(C)O)[C@@H](N=[N+]=[N-])C1O. The fourth-order valence-electron chi connectivity index (χ4n) is 2.86. The zero-order valence-corrected chi connectivity index (χ0v) is 16.9. The lowest BCUT2D eigenvalue weighted by Gasteiger charge is -2.46. The predicted molar refractivity (Wildman–Crippen MR) is 97.7 cm³/mol. The summed E-state index contributed by atoms with van der Waals surface area (Å²) in [6.07, 6.45) is -0.908. The van der Waals surface area contributed by atoms with Crippen LogP contribution in [-0.4, -0.2) is 67.0 Å². The Labute approximate surface area is 150 Å². The molecule has 3 N–H and O–H groups in total. The van der Waals surface area contributed by atoms with Gasteiger partial charge in [0.15, 0.2) is 8.32 Å². The summed E-state index contributed by atoms with van der Waals surface area (Å²) < 4.78 is 11.7. The Morgan fingerprint density at radius 3 is 2.44 bits per heavy atom. The van der Waals surface area contributed by atoms with E-state index in [4.69, 9.17) is 15.0 Å². The monoisotopic (exact) mass is 375 g/mol. The highest BCUT2D eigenvalue weighted by Gasteiger charge is 2.49. The molecule has 0 aromatic carbocycles. The van der Waals surface area contributed by atoms with Gasteiger partial charge in [-0.15, -0.1) is 0 Å². The van der Waals surface area contributed by atoms with E-state index < -0.39 is 43.8 Å². The zero-order chi connectivity index (χ0) is 19.3. The predicted octanol–water partition coefficient (Wildman–Crippen LogP) is 2.34. The molecule has 2 unspecified atom stereocenters. The molecule has 8 nitrogen and oxygen atoms in total. The van der Waals surface area contributed by atoms with E-state index in [1.165, 1.54) is 0 Å². The first-order valence-electron chi connectivity index (χ1n) is 8.91. The molecule has 0 aromatic rings. The van der Waals surface area contributed by atoms with E-state index >= 15 is 0 Å². The first-order chi connectivity index (χ1) is 11.6. The van der Waals surface area contributed by atoms with Gasteiger partial charge >= 0.3 is 0 Å². The van der Waals surface area contributed by atoms with Gasteiger partial charge in [0.25, 0.3) is 0 Å². The molecule has 0 spiro atoms. The zero-order valence-electron chi connectivity index (χ0n) is 15.9. The maximum atomic E-state index is 10.7. The highest BCUT2D eigenvalue weighted by molar-refractivity contribution is 6.72. The molecule has 0 bridgehead atoms. The van der Waals surface area contributed by atoms with Gasteiger partial charge < -0.3 is 24.5 Å². The van der Waals surface area contributed by atoms with Crippen LogP contribution in [0, 0.1) is 0 Å². The van der Waals surface area contributed by atoms with Crippen LogP contribution in [0.2, 0.25) is 18.1 Å². The lowest BCUT2D eigenvalue weighted by atomic mass is 9.88. The van der Waals surface area contributed by atoms with Gasteiger partial charge in [-0.05, 0) is 36.5 Å². The lowest BCUT2D eigenvalue weighted by Crippen LogP contribution is -2.60. The largest absolute Gasteiger partial charge is 0.432 e. The van der Waals surface area contributed by atoms with Gasteiger partial charge in [0.05, 0.1) is 24.9 Å². The number of hydrogen-bond acceptors (Lipinski definition) is 6. The molecular formula is C16H33N3O5Si. The van der Waals surface area contributed by atoms with E-state index in [2.05, 4.69) is 10.0 Å². The molecule has 0 radical (unpaired) electrons. The van der Waals surface area contributed by atoms with Gasteiger partial charge in [-0.25, -0.2) is 0 Å². The first kappa shape index (κ1) is 22.4. The maximum absolute atomic E-state index is 10.7. The van der Waals surface area contributed by atoms with Gasteiger partial charge in [-0.1, -0.05) is 32.3 Å². The fraction of sp³-hybridized carbons (Fsp3) is 1.00. The normalized spacial score (nSPS) is 30.8. The Balaban J connectivity index is 3.01. The van der Waals surface area contributed by atoms with Crippen LogP contribution in [0.4, 0.5) is 0 Å². The fourth-order valence-corrected chi connectivity index (χ4v) is 3.56. The third kappa shape index (κ3) is 5.65. The van der Waals surface area contributed by atoms with Crippen molar-refractivity contribution in [3.8, 4) is 0 Å². The second-order valence-corrected chi connectivity index (χ2v) is 12.4. The Morgan fingerprint density at radius 2 is 1.96 bits per heavy atom. The molecule has 1 heterocycles. The molecule has 1 aliphatic rings. The van der Waals surface area contributed by atoms with Gasteiger partial charge in [0, 0.05) is 11.5 Å². The highest BCUT2D eigenvalue weighted by Crippen LogP contribution is 2.43. The standard InChI is InChI=1S/C16H33N3O5Si/c1-6-7-8-23-15-12(10-20)24-11(13(14(15)21)18-19-17)9-16(2,3)25(4,5)22/h11-15,20-22H,6-10H2,1-5H3/t11-,12?,13+,14?,15+/m0/s1. The van der Waals surface area contributed by atoms with E-state index in [1.54, 1.807) is 0 Å². The number of unbranched alkanes of at least 4 members (excludes halogenated alkanes) is 1. The van der Waals surface area contributed by atoms with Crippen molar-refractivity contribution in [2.24, 2.45) is 5.11 Å². The molecule has 25 heavy (non-hydrogen) atoms. The molecule has 9 heteroatoms. The van der Waals surface area contributed by atoms with Crippen molar-refractivity contribution < 1.29 is 24.5 Å². The number of hydrogen-bond donors (Lipinski definition) is 3. The number of aliphatic hydroxyl groups excluding tert-OH is 2. The summed E-state index contributed by atoms with van der Waals surface area (Å²) >= 11 is 0. The summed E-state index contributed by atoms with van der Waals surface area (Å²) in [6.45, 7) is 9.74. The number of ether oxygens (including phenoxy) is 2. The second-order valence-electron chi connectivity index (χ2n) is 7.92. The average molecular weight is 376 g/mol. The molecule has 1 rings (SSSR count). The van der Waals surface area contributed by atoms with Crippen molar-refractivity contribution in [2.75, 3.05) is 13.2 Å². The molecule has 146 valence electrons. The van der Waals surface area contributed by atoms with Gasteiger partial charge in [-0.3, -0.25) is 0 Å². The first-order valence-corrected chi connectivity index (χ1v) is 11.9. The van der Waals surface area contributed by atoms with Crippen LogP contribution in [0.3, 0.4) is 0 Å². The second kappa shape index (κ2) is 9.32. The minimum Gasteiger partial charge on any atom is -0.432 e. The van der Waals surface area contributed by atoms with Gasteiger partial charge in [0.2, 0.25) is 0 Å². The van der Waals surface area contributed by atoms with Crippen molar-refractivity contribution >= 4 is 8.32 Å². The quantitative estimate of drug-likeness (QED) is 0.187. The summed E-state index contributed by atoms with van der Waals surface area (Å²) in [6, 6.07) is -0.824. The Hall–Kier alpha value is -0.673. The molecule has 0 aromatic heterocycles. The van der Waals surface area contributed by atoms with Crippen LogP contribution in [0.25, 0.3) is 10.4 Å². The molecule has 5 atom stereocenters. The van der Waals surface area contributed by atoms with Crippen molar-refractivity contribution in [2.45, 2.75) is 88.6 Å². The van der Waals surface area contributed by atoms with Crippen molar-refractivity contribution in [1.29, 1.82) is 0 Å². The minimum absolute atomic E-state index is 0.298. The van der Waals surface area contributed by atoms with Crippen LogP contribution in [0.5, 0.6) is 0 Å². The lowest BCUT2D eigenvalue weighted by molar-refractivity contribution is -0.208. The third-order valence-electron chi connectivity index (χ3n) is 5.32. The van der Waals surface area contributed by atoms with E-state index in [1.807, 2.05) is 33.9 Å². The molecule has 1 saturated heterocycles. The number of azide groups is 1. The van der Waals surface area contributed by atoms with Crippen molar-refractivity contribution in [1.82, 2.24) is 0 Å². The van der Waals surface area contributed by atoms with Crippen molar-refractivity contribution in [3.63, 3.8) is 0 Å². The average Bonchev–Trinajstić information content (AvgIpc) is 2.51. The molecule has 1 fully saturated rings. The summed E-state index contributed by atoms with van der Waals surface area (Å²) in [5.41, 5.74) is 8.90. The molecular weight excluding hydrogens is 342 g/mol. The Morgan fingerprint density at radius 1 is 1.32 bits per heavy atom. The number of aliphatic hydroxyl groups is 2. The van der Waals surface area contributed by atoms with Crippen LogP contribution in [0.15, 0.2) is 5.11 Å². The summed E-state index contributed by atoms with van der Waals surface area (Å²) in [5, 5.41) is 23.7. The minimum atomic E-state index is -2.51. The Kier molecular flexibility index (Phi) is 8.34. The van der Waals surface area contributed by atoms with Gasteiger partial charge in [-0.2, -0.15) is 0 Å². The van der Waals surface area contributed by atoms with E-state index in [0.29, 0.717) is 13.0 Å². The Bertz CT molecular complexity index is 465. The summed E-state index contributed by atoms with van der Waals surface area (Å²) in [5.74, 6) is 0. The van der Waals surface area contributed by atoms with Crippen LogP contribution in [-0.2, 0) is 9.47 Å². The molecule has 0 saturated carbocycles. The van der Waals surface area contributed by atoms with Crippen LogP contribution < -0.4 is 0 Å². The summed E-state index contributed by atoms with van der Waals surface area (Å²) in [7, 11) is -2.51. The molecule has 0 amide bonds. The third-order valence-corrected chi connectivity index (χ3v) is 8.84. The summed E-state index contributed by atoms with van der Waals surface area (Å²) in [4.78, 5) is 13.4. The van der Waals surface area contributed by atoms with Crippen molar-refractivity contribution in [3.05, 3.63) is 10.4 Å². The topological polar surface area (TPSA) is 128 Å². The highest BCUT2D eigenvalue weighted by atomic mass is 28.4. The van der Waals surface area contributed by atoms with Crippen LogP contribution in [0.1, 0.15) is 40.0 Å². The smallest absolute Gasteiger partial charge is 0.188 e. The van der Waals surface area contributed by atoms with E-state index in [-0.39, 0.29) is 6.61 Å². The van der Waals surface area contributed by atoms with Crippen LogP contribution >= 0.6 is 0 Å². The van der Waals surface area contributed by atoms with E-state index in [0.717, 1.165) is 12.8 Å². The number of rotatable bonds is 9.